The molecule has 0 unspecified atom stereocenters. The molecule has 19 heavy (non-hydrogen) atoms. The molecule has 0 spiro atoms. The van der Waals surface area contributed by atoms with Gasteiger partial charge in [0.25, 0.3) is 0 Å². The van der Waals surface area contributed by atoms with E-state index in [9.17, 15) is 0 Å². The Morgan fingerprint density at radius 2 is 2.16 bits per heavy atom. The van der Waals surface area contributed by atoms with E-state index in [0.29, 0.717) is 17.8 Å². The lowest BCUT2D eigenvalue weighted by molar-refractivity contribution is 0.151. The number of nitrogens with zero attached hydrogens (tertiary/aromatic N) is 3. The quantitative estimate of drug-likeness (QED) is 0.905. The van der Waals surface area contributed by atoms with Crippen LogP contribution in [0.4, 0.5) is 0 Å². The predicted octanol–water partition coefficient (Wildman–Crippen LogP) is 1.53. The van der Waals surface area contributed by atoms with Gasteiger partial charge in [-0.05, 0) is 19.1 Å². The Bertz CT molecular complexity index is 525. The molecule has 0 aliphatic carbocycles. The Labute approximate surface area is 112 Å². The predicted molar refractivity (Wildman–Crippen MR) is 72.5 cm³/mol. The van der Waals surface area contributed by atoms with Crippen LogP contribution in [0.3, 0.4) is 0 Å². The fourth-order valence-corrected chi connectivity index (χ4v) is 2.31. The SMILES string of the molecule is C[C@@H]1CNCCN1Cc1nnc(-c2ccccc2)o1. The van der Waals surface area contributed by atoms with Crippen molar-refractivity contribution < 1.29 is 4.42 Å². The van der Waals surface area contributed by atoms with E-state index in [0.717, 1.165) is 31.7 Å². The van der Waals surface area contributed by atoms with Crippen LogP contribution in [0.5, 0.6) is 0 Å². The number of hydrogen-bond donors (Lipinski definition) is 1. The lowest BCUT2D eigenvalue weighted by atomic mass is 10.2. The highest BCUT2D eigenvalue weighted by molar-refractivity contribution is 5.51. The zero-order valence-electron chi connectivity index (χ0n) is 11.0. The molecular weight excluding hydrogens is 240 g/mol. The van der Waals surface area contributed by atoms with Gasteiger partial charge < -0.3 is 9.73 Å². The van der Waals surface area contributed by atoms with E-state index >= 15 is 0 Å². The summed E-state index contributed by atoms with van der Waals surface area (Å²) >= 11 is 0. The van der Waals surface area contributed by atoms with Gasteiger partial charge in [0.2, 0.25) is 11.8 Å². The molecule has 1 aromatic carbocycles. The molecule has 0 amide bonds. The second-order valence-electron chi connectivity index (χ2n) is 4.89. The highest BCUT2D eigenvalue weighted by Crippen LogP contribution is 2.18. The summed E-state index contributed by atoms with van der Waals surface area (Å²) in [5.41, 5.74) is 0.967. The van der Waals surface area contributed by atoms with Crippen LogP contribution in [0.1, 0.15) is 12.8 Å². The highest BCUT2D eigenvalue weighted by atomic mass is 16.4. The number of nitrogens with one attached hydrogen (secondary N) is 1. The molecule has 3 rings (SSSR count). The van der Waals surface area contributed by atoms with Crippen LogP contribution in [-0.2, 0) is 6.54 Å². The third-order valence-electron chi connectivity index (χ3n) is 3.46. The number of hydrogen-bond acceptors (Lipinski definition) is 5. The van der Waals surface area contributed by atoms with E-state index in [-0.39, 0.29) is 0 Å². The molecule has 0 bridgehead atoms. The van der Waals surface area contributed by atoms with Gasteiger partial charge in [0.05, 0.1) is 6.54 Å². The summed E-state index contributed by atoms with van der Waals surface area (Å²) in [4.78, 5) is 2.36. The normalized spacial score (nSPS) is 20.6. The van der Waals surface area contributed by atoms with Gasteiger partial charge in [-0.2, -0.15) is 0 Å². The second kappa shape index (κ2) is 5.50. The van der Waals surface area contributed by atoms with Crippen molar-refractivity contribution in [1.82, 2.24) is 20.4 Å². The maximum atomic E-state index is 5.74. The van der Waals surface area contributed by atoms with E-state index < -0.39 is 0 Å². The Morgan fingerprint density at radius 3 is 2.95 bits per heavy atom. The summed E-state index contributed by atoms with van der Waals surface area (Å²) in [7, 11) is 0. The molecule has 100 valence electrons. The molecule has 1 aliphatic rings. The van der Waals surface area contributed by atoms with Crippen LogP contribution in [0.15, 0.2) is 34.7 Å². The van der Waals surface area contributed by atoms with Gasteiger partial charge in [-0.15, -0.1) is 10.2 Å². The highest BCUT2D eigenvalue weighted by Gasteiger charge is 2.20. The van der Waals surface area contributed by atoms with Crippen molar-refractivity contribution >= 4 is 0 Å². The number of piperazine rings is 1. The van der Waals surface area contributed by atoms with Crippen molar-refractivity contribution in [2.24, 2.45) is 0 Å². The average Bonchev–Trinajstić information content (AvgIpc) is 2.91. The lowest BCUT2D eigenvalue weighted by Crippen LogP contribution is -2.49. The average molecular weight is 258 g/mol. The van der Waals surface area contributed by atoms with Crippen LogP contribution in [0.25, 0.3) is 11.5 Å². The summed E-state index contributed by atoms with van der Waals surface area (Å²) in [5.74, 6) is 1.28. The van der Waals surface area contributed by atoms with Crippen molar-refractivity contribution in [2.45, 2.75) is 19.5 Å². The Kier molecular flexibility index (Phi) is 3.57. The molecule has 2 heterocycles. The largest absolute Gasteiger partial charge is 0.419 e. The fraction of sp³-hybridized carbons (Fsp3) is 0.429. The minimum Gasteiger partial charge on any atom is -0.419 e. The first-order valence-electron chi connectivity index (χ1n) is 6.65. The van der Waals surface area contributed by atoms with Gasteiger partial charge in [-0.3, -0.25) is 4.90 Å². The Balaban J connectivity index is 1.71. The molecule has 5 nitrogen and oxygen atoms in total. The van der Waals surface area contributed by atoms with E-state index in [2.05, 4.69) is 27.3 Å². The number of rotatable bonds is 3. The van der Waals surface area contributed by atoms with Gasteiger partial charge >= 0.3 is 0 Å². The van der Waals surface area contributed by atoms with Gasteiger partial charge in [-0.1, -0.05) is 18.2 Å². The lowest BCUT2D eigenvalue weighted by Gasteiger charge is -2.32. The summed E-state index contributed by atoms with van der Waals surface area (Å²) in [6, 6.07) is 10.4. The first-order valence-corrected chi connectivity index (χ1v) is 6.65. The van der Waals surface area contributed by atoms with Gasteiger partial charge in [-0.25, -0.2) is 0 Å². The zero-order chi connectivity index (χ0) is 13.1. The van der Waals surface area contributed by atoms with Crippen molar-refractivity contribution in [3.63, 3.8) is 0 Å². The Hall–Kier alpha value is -1.72. The maximum Gasteiger partial charge on any atom is 0.247 e. The molecule has 2 aromatic rings. The molecule has 1 saturated heterocycles. The van der Waals surface area contributed by atoms with E-state index in [1.165, 1.54) is 0 Å². The standard InChI is InChI=1S/C14H18N4O/c1-11-9-15-7-8-18(11)10-13-16-17-14(19-13)12-5-3-2-4-6-12/h2-6,11,15H,7-10H2,1H3/t11-/m1/s1. The molecule has 1 aliphatic heterocycles. The zero-order valence-corrected chi connectivity index (χ0v) is 11.0. The summed E-state index contributed by atoms with van der Waals surface area (Å²) < 4.78 is 5.74. The molecule has 0 saturated carbocycles. The summed E-state index contributed by atoms with van der Waals surface area (Å²) in [6.07, 6.45) is 0. The van der Waals surface area contributed by atoms with Crippen molar-refractivity contribution in [3.05, 3.63) is 36.2 Å². The molecular formula is C14H18N4O. The van der Waals surface area contributed by atoms with E-state index in [1.807, 2.05) is 30.3 Å². The monoisotopic (exact) mass is 258 g/mol. The third kappa shape index (κ3) is 2.83. The molecule has 0 radical (unpaired) electrons. The molecule has 1 atom stereocenters. The molecule has 1 N–H and O–H groups in total. The fourth-order valence-electron chi connectivity index (χ4n) is 2.31. The maximum absolute atomic E-state index is 5.74. The van der Waals surface area contributed by atoms with Crippen LogP contribution in [0, 0.1) is 0 Å². The van der Waals surface area contributed by atoms with Crippen molar-refractivity contribution in [2.75, 3.05) is 19.6 Å². The van der Waals surface area contributed by atoms with Crippen LogP contribution in [-0.4, -0.2) is 40.8 Å². The van der Waals surface area contributed by atoms with Gasteiger partial charge in [0.15, 0.2) is 0 Å². The van der Waals surface area contributed by atoms with Gasteiger partial charge in [0.1, 0.15) is 0 Å². The topological polar surface area (TPSA) is 54.2 Å². The minimum atomic E-state index is 0.501. The van der Waals surface area contributed by atoms with Crippen LogP contribution < -0.4 is 5.32 Å². The summed E-state index contributed by atoms with van der Waals surface area (Å²) in [5, 5.41) is 11.6. The molecule has 1 aromatic heterocycles. The third-order valence-corrected chi connectivity index (χ3v) is 3.46. The first kappa shape index (κ1) is 12.3. The van der Waals surface area contributed by atoms with Crippen LogP contribution >= 0.6 is 0 Å². The second-order valence-corrected chi connectivity index (χ2v) is 4.89. The minimum absolute atomic E-state index is 0.501. The van der Waals surface area contributed by atoms with Crippen molar-refractivity contribution in [3.8, 4) is 11.5 Å². The number of aromatic nitrogens is 2. The van der Waals surface area contributed by atoms with Crippen molar-refractivity contribution in [1.29, 1.82) is 0 Å². The molecule has 5 heteroatoms. The molecule has 1 fully saturated rings. The number of benzene rings is 1. The van der Waals surface area contributed by atoms with Crippen LogP contribution in [0.2, 0.25) is 0 Å². The van der Waals surface area contributed by atoms with E-state index in [1.54, 1.807) is 0 Å². The van der Waals surface area contributed by atoms with Gasteiger partial charge in [0, 0.05) is 31.2 Å². The smallest absolute Gasteiger partial charge is 0.247 e. The summed E-state index contributed by atoms with van der Waals surface area (Å²) in [6.45, 7) is 5.98. The van der Waals surface area contributed by atoms with E-state index in [4.69, 9.17) is 4.42 Å². The first-order chi connectivity index (χ1) is 9.33. The Morgan fingerprint density at radius 1 is 1.32 bits per heavy atom.